The molecule has 0 aliphatic carbocycles. The van der Waals surface area contributed by atoms with Gasteiger partial charge in [-0.15, -0.1) is 0 Å². The van der Waals surface area contributed by atoms with E-state index in [-0.39, 0.29) is 17.8 Å². The molecule has 2 heterocycles. The van der Waals surface area contributed by atoms with Gasteiger partial charge in [0.2, 0.25) is 0 Å². The molecule has 1 amide bonds. The molecule has 0 saturated carbocycles. The Hall–Kier alpha value is -1.07. The zero-order valence-corrected chi connectivity index (χ0v) is 14.4. The second kappa shape index (κ2) is 8.15. The first-order valence-electron chi connectivity index (χ1n) is 8.61. The number of piperidine rings is 1. The summed E-state index contributed by atoms with van der Waals surface area (Å²) in [5.74, 6) is 1.87. The van der Waals surface area contributed by atoms with Gasteiger partial charge in [-0.2, -0.15) is 11.8 Å². The standard InChI is InChI=1S/C18H25FN2OS/c19-16-7-5-15(6-8-16)18(22)21-11-4-12-23-14-17(21)13-20-9-2-1-3-10-20/h5-8,17H,1-4,9-14H2. The number of halogens is 1. The van der Waals surface area contributed by atoms with Gasteiger partial charge in [0.25, 0.3) is 5.91 Å². The molecule has 1 aromatic rings. The maximum Gasteiger partial charge on any atom is 0.254 e. The van der Waals surface area contributed by atoms with E-state index in [4.69, 9.17) is 0 Å². The van der Waals surface area contributed by atoms with E-state index in [1.54, 1.807) is 12.1 Å². The number of rotatable bonds is 3. The molecule has 2 saturated heterocycles. The van der Waals surface area contributed by atoms with Gasteiger partial charge in [0.1, 0.15) is 5.82 Å². The number of thioether (sulfide) groups is 1. The summed E-state index contributed by atoms with van der Waals surface area (Å²) in [6, 6.07) is 6.22. The third kappa shape index (κ3) is 4.48. The van der Waals surface area contributed by atoms with Gasteiger partial charge in [-0.1, -0.05) is 6.42 Å². The fourth-order valence-electron chi connectivity index (χ4n) is 3.45. The summed E-state index contributed by atoms with van der Waals surface area (Å²) >= 11 is 1.95. The summed E-state index contributed by atoms with van der Waals surface area (Å²) in [4.78, 5) is 17.4. The van der Waals surface area contributed by atoms with Crippen molar-refractivity contribution < 1.29 is 9.18 Å². The molecule has 0 spiro atoms. The number of hydrogen-bond acceptors (Lipinski definition) is 3. The molecule has 2 aliphatic rings. The fourth-order valence-corrected chi connectivity index (χ4v) is 4.50. The molecular formula is C18H25FN2OS. The maximum atomic E-state index is 13.1. The van der Waals surface area contributed by atoms with Crippen LogP contribution in [0.25, 0.3) is 0 Å². The average Bonchev–Trinajstić information content (AvgIpc) is 2.81. The van der Waals surface area contributed by atoms with E-state index in [1.807, 2.05) is 16.7 Å². The molecule has 126 valence electrons. The molecule has 0 radical (unpaired) electrons. The van der Waals surface area contributed by atoms with Gasteiger partial charge < -0.3 is 9.80 Å². The summed E-state index contributed by atoms with van der Waals surface area (Å²) in [6.45, 7) is 4.08. The molecule has 1 aromatic carbocycles. The number of benzene rings is 1. The number of likely N-dealkylation sites (tertiary alicyclic amines) is 1. The Labute approximate surface area is 142 Å². The minimum absolute atomic E-state index is 0.0505. The van der Waals surface area contributed by atoms with Crippen LogP contribution in [0.1, 0.15) is 36.0 Å². The highest BCUT2D eigenvalue weighted by Crippen LogP contribution is 2.21. The van der Waals surface area contributed by atoms with Crippen molar-refractivity contribution >= 4 is 17.7 Å². The number of carbonyl (C=O) groups excluding carboxylic acids is 1. The van der Waals surface area contributed by atoms with Crippen molar-refractivity contribution in [3.8, 4) is 0 Å². The van der Waals surface area contributed by atoms with E-state index in [0.717, 1.165) is 44.1 Å². The first-order valence-corrected chi connectivity index (χ1v) is 9.76. The number of carbonyl (C=O) groups is 1. The van der Waals surface area contributed by atoms with E-state index in [9.17, 15) is 9.18 Å². The fraction of sp³-hybridized carbons (Fsp3) is 0.611. The van der Waals surface area contributed by atoms with Crippen molar-refractivity contribution in [1.29, 1.82) is 0 Å². The van der Waals surface area contributed by atoms with Crippen LogP contribution in [0, 0.1) is 5.82 Å². The van der Waals surface area contributed by atoms with Gasteiger partial charge in [0.15, 0.2) is 0 Å². The molecule has 0 aromatic heterocycles. The highest BCUT2D eigenvalue weighted by Gasteiger charge is 2.28. The SMILES string of the molecule is O=C(c1ccc(F)cc1)N1CCCSCC1CN1CCCCC1. The second-order valence-electron chi connectivity index (χ2n) is 6.45. The molecule has 3 rings (SSSR count). The molecule has 0 bridgehead atoms. The molecule has 5 heteroatoms. The minimum Gasteiger partial charge on any atom is -0.334 e. The first kappa shape index (κ1) is 16.8. The molecule has 3 nitrogen and oxygen atoms in total. The van der Waals surface area contributed by atoms with Crippen LogP contribution in [0.2, 0.25) is 0 Å². The van der Waals surface area contributed by atoms with Gasteiger partial charge >= 0.3 is 0 Å². The van der Waals surface area contributed by atoms with Crippen LogP contribution in [0.15, 0.2) is 24.3 Å². The molecule has 1 unspecified atom stereocenters. The lowest BCUT2D eigenvalue weighted by molar-refractivity contribution is 0.0645. The van der Waals surface area contributed by atoms with Crippen LogP contribution in [0.4, 0.5) is 4.39 Å². The van der Waals surface area contributed by atoms with E-state index in [2.05, 4.69) is 4.90 Å². The van der Waals surface area contributed by atoms with Crippen molar-refractivity contribution in [3.63, 3.8) is 0 Å². The van der Waals surface area contributed by atoms with Crippen molar-refractivity contribution in [2.45, 2.75) is 31.7 Å². The molecule has 2 aliphatic heterocycles. The lowest BCUT2D eigenvalue weighted by Crippen LogP contribution is -2.49. The van der Waals surface area contributed by atoms with Crippen molar-refractivity contribution in [2.75, 3.05) is 37.7 Å². The lowest BCUT2D eigenvalue weighted by atomic mass is 10.1. The average molecular weight is 336 g/mol. The third-order valence-corrected chi connectivity index (χ3v) is 5.91. The van der Waals surface area contributed by atoms with Gasteiger partial charge in [0.05, 0.1) is 6.04 Å². The quantitative estimate of drug-likeness (QED) is 0.846. The Morgan fingerprint density at radius 1 is 1.09 bits per heavy atom. The largest absolute Gasteiger partial charge is 0.334 e. The Kier molecular flexibility index (Phi) is 5.95. The number of amides is 1. The van der Waals surface area contributed by atoms with Crippen molar-refractivity contribution in [1.82, 2.24) is 9.80 Å². The van der Waals surface area contributed by atoms with Crippen LogP contribution in [-0.4, -0.2) is 59.4 Å². The zero-order chi connectivity index (χ0) is 16.1. The normalized spacial score (nSPS) is 23.5. The van der Waals surface area contributed by atoms with Crippen LogP contribution in [0.3, 0.4) is 0 Å². The van der Waals surface area contributed by atoms with Crippen LogP contribution in [-0.2, 0) is 0 Å². The van der Waals surface area contributed by atoms with E-state index in [1.165, 1.54) is 31.4 Å². The highest BCUT2D eigenvalue weighted by molar-refractivity contribution is 7.99. The highest BCUT2D eigenvalue weighted by atomic mass is 32.2. The van der Waals surface area contributed by atoms with Crippen LogP contribution < -0.4 is 0 Å². The monoisotopic (exact) mass is 336 g/mol. The third-order valence-electron chi connectivity index (χ3n) is 4.71. The lowest BCUT2D eigenvalue weighted by Gasteiger charge is -2.35. The van der Waals surface area contributed by atoms with Gasteiger partial charge in [-0.05, 0) is 62.4 Å². The predicted molar refractivity (Wildman–Crippen MR) is 93.5 cm³/mol. The Morgan fingerprint density at radius 2 is 1.83 bits per heavy atom. The van der Waals surface area contributed by atoms with Gasteiger partial charge in [-0.3, -0.25) is 4.79 Å². The molecule has 2 fully saturated rings. The zero-order valence-electron chi connectivity index (χ0n) is 13.5. The van der Waals surface area contributed by atoms with Gasteiger partial charge in [-0.25, -0.2) is 4.39 Å². The van der Waals surface area contributed by atoms with Crippen molar-refractivity contribution in [2.24, 2.45) is 0 Å². The van der Waals surface area contributed by atoms with Crippen LogP contribution in [0.5, 0.6) is 0 Å². The van der Waals surface area contributed by atoms with Crippen molar-refractivity contribution in [3.05, 3.63) is 35.6 Å². The van der Waals surface area contributed by atoms with E-state index < -0.39 is 0 Å². The maximum absolute atomic E-state index is 13.1. The summed E-state index contributed by atoms with van der Waals surface area (Å²) < 4.78 is 13.1. The predicted octanol–water partition coefficient (Wildman–Crippen LogP) is 3.26. The summed E-state index contributed by atoms with van der Waals surface area (Å²) in [7, 11) is 0. The summed E-state index contributed by atoms with van der Waals surface area (Å²) in [5, 5.41) is 0. The molecular weight excluding hydrogens is 311 g/mol. The number of hydrogen-bond donors (Lipinski definition) is 0. The second-order valence-corrected chi connectivity index (χ2v) is 7.60. The summed E-state index contributed by atoms with van der Waals surface area (Å²) in [6.07, 6.45) is 4.90. The van der Waals surface area contributed by atoms with Gasteiger partial charge in [0, 0.05) is 24.4 Å². The molecule has 1 atom stereocenters. The number of nitrogens with zero attached hydrogens (tertiary/aromatic N) is 2. The molecule has 23 heavy (non-hydrogen) atoms. The minimum atomic E-state index is -0.294. The Morgan fingerprint density at radius 3 is 2.57 bits per heavy atom. The Bertz CT molecular complexity index is 516. The topological polar surface area (TPSA) is 23.6 Å². The van der Waals surface area contributed by atoms with Crippen LogP contribution >= 0.6 is 11.8 Å². The van der Waals surface area contributed by atoms with E-state index >= 15 is 0 Å². The first-order chi connectivity index (χ1) is 11.2. The smallest absolute Gasteiger partial charge is 0.254 e. The Balaban J connectivity index is 1.72. The van der Waals surface area contributed by atoms with E-state index in [0.29, 0.717) is 5.56 Å². The summed E-state index contributed by atoms with van der Waals surface area (Å²) in [5.41, 5.74) is 0.599. The molecule has 0 N–H and O–H groups in total.